The van der Waals surface area contributed by atoms with Crippen LogP contribution in [0.2, 0.25) is 0 Å². The molecule has 2 amide bonds. The lowest BCUT2D eigenvalue weighted by Crippen LogP contribution is -2.40. The first-order chi connectivity index (χ1) is 11.6. The maximum Gasteiger partial charge on any atom is 0.225 e. The van der Waals surface area contributed by atoms with Gasteiger partial charge in [-0.15, -0.1) is 0 Å². The highest BCUT2D eigenvalue weighted by atomic mass is 16.3. The Morgan fingerprint density at radius 2 is 1.92 bits per heavy atom. The van der Waals surface area contributed by atoms with Crippen molar-refractivity contribution in [1.29, 1.82) is 0 Å². The molecule has 0 aromatic heterocycles. The molecule has 1 heterocycles. The maximum atomic E-state index is 12.7. The Kier molecular flexibility index (Phi) is 4.04. The van der Waals surface area contributed by atoms with E-state index in [1.165, 1.54) is 12.8 Å². The first-order valence-electron chi connectivity index (χ1n) is 8.99. The number of nitrogens with zero attached hydrogens (tertiary/aromatic N) is 1. The number of hydrogen-bond donors (Lipinski definition) is 2. The summed E-state index contributed by atoms with van der Waals surface area (Å²) in [5.74, 6) is -0.294. The van der Waals surface area contributed by atoms with E-state index in [0.29, 0.717) is 25.4 Å². The summed E-state index contributed by atoms with van der Waals surface area (Å²) >= 11 is 0. The van der Waals surface area contributed by atoms with Crippen molar-refractivity contribution in [3.05, 3.63) is 35.4 Å². The molecule has 2 fully saturated rings. The molecule has 5 heteroatoms. The molecule has 4 rings (SSSR count). The molecular formula is C19H24N2O3. The second-order valence-electron chi connectivity index (χ2n) is 7.34. The van der Waals surface area contributed by atoms with Crippen molar-refractivity contribution in [3.8, 4) is 0 Å². The molecule has 1 saturated heterocycles. The molecule has 1 saturated carbocycles. The van der Waals surface area contributed by atoms with Crippen molar-refractivity contribution in [2.45, 2.75) is 56.7 Å². The molecule has 0 bridgehead atoms. The number of rotatable bonds is 3. The summed E-state index contributed by atoms with van der Waals surface area (Å²) in [7, 11) is 0. The zero-order chi connectivity index (χ0) is 16.7. The summed E-state index contributed by atoms with van der Waals surface area (Å²) in [5.41, 5.74) is 2.08. The molecule has 3 aliphatic rings. The number of amides is 2. The summed E-state index contributed by atoms with van der Waals surface area (Å²) < 4.78 is 0. The highest BCUT2D eigenvalue weighted by Crippen LogP contribution is 2.33. The Balaban J connectivity index is 1.43. The molecule has 2 N–H and O–H groups in total. The number of hydrogen-bond acceptors (Lipinski definition) is 3. The number of carbonyl (C=O) groups is 2. The van der Waals surface area contributed by atoms with Gasteiger partial charge in [0, 0.05) is 25.4 Å². The molecule has 3 atom stereocenters. The van der Waals surface area contributed by atoms with Crippen LogP contribution in [0.3, 0.4) is 0 Å². The van der Waals surface area contributed by atoms with Gasteiger partial charge in [0.25, 0.3) is 0 Å². The first-order valence-corrected chi connectivity index (χ1v) is 8.99. The molecule has 1 aromatic rings. The van der Waals surface area contributed by atoms with Crippen LogP contribution in [0.25, 0.3) is 0 Å². The van der Waals surface area contributed by atoms with E-state index < -0.39 is 6.10 Å². The molecule has 0 radical (unpaired) electrons. The van der Waals surface area contributed by atoms with Crippen molar-refractivity contribution in [3.63, 3.8) is 0 Å². The van der Waals surface area contributed by atoms with Crippen LogP contribution in [0, 0.1) is 5.92 Å². The lowest BCUT2D eigenvalue weighted by Gasteiger charge is -2.24. The van der Waals surface area contributed by atoms with Gasteiger partial charge in [-0.3, -0.25) is 9.59 Å². The summed E-state index contributed by atoms with van der Waals surface area (Å²) in [5, 5.41) is 13.3. The fraction of sp³-hybridized carbons (Fsp3) is 0.579. The van der Waals surface area contributed by atoms with E-state index in [9.17, 15) is 14.7 Å². The predicted octanol–water partition coefficient (Wildman–Crippen LogP) is 1.55. The lowest BCUT2D eigenvalue weighted by atomic mass is 10.0. The molecule has 24 heavy (non-hydrogen) atoms. The number of aliphatic hydroxyl groups excluding tert-OH is 1. The summed E-state index contributed by atoms with van der Waals surface area (Å²) in [6.07, 6.45) is 4.76. The lowest BCUT2D eigenvalue weighted by molar-refractivity contribution is -0.130. The van der Waals surface area contributed by atoms with E-state index >= 15 is 0 Å². The summed E-state index contributed by atoms with van der Waals surface area (Å²) in [6, 6.07) is 7.80. The van der Waals surface area contributed by atoms with Crippen LogP contribution in [-0.4, -0.2) is 40.5 Å². The van der Waals surface area contributed by atoms with Crippen LogP contribution in [0.15, 0.2) is 24.3 Å². The second kappa shape index (κ2) is 6.20. The molecule has 0 spiro atoms. The molecule has 1 aliphatic heterocycles. The van der Waals surface area contributed by atoms with Crippen LogP contribution in [-0.2, 0) is 16.0 Å². The predicted molar refractivity (Wildman–Crippen MR) is 89.1 cm³/mol. The fourth-order valence-corrected chi connectivity index (χ4v) is 4.50. The third-order valence-corrected chi connectivity index (χ3v) is 5.80. The Labute approximate surface area is 142 Å². The average Bonchev–Trinajstić information content (AvgIpc) is 3.27. The van der Waals surface area contributed by atoms with Crippen molar-refractivity contribution in [2.75, 3.05) is 6.54 Å². The number of fused-ring (bicyclic) bond motifs is 1. The zero-order valence-corrected chi connectivity index (χ0v) is 13.8. The minimum Gasteiger partial charge on any atom is -0.390 e. The van der Waals surface area contributed by atoms with Crippen LogP contribution in [0.4, 0.5) is 0 Å². The molecule has 2 aliphatic carbocycles. The van der Waals surface area contributed by atoms with Gasteiger partial charge < -0.3 is 15.3 Å². The number of benzene rings is 1. The van der Waals surface area contributed by atoms with Gasteiger partial charge in [-0.05, 0) is 24.0 Å². The van der Waals surface area contributed by atoms with Crippen LogP contribution >= 0.6 is 0 Å². The zero-order valence-electron chi connectivity index (χ0n) is 13.8. The highest BCUT2D eigenvalue weighted by Gasteiger charge is 2.40. The van der Waals surface area contributed by atoms with Gasteiger partial charge in [0.2, 0.25) is 11.8 Å². The SMILES string of the molecule is O=C(NC1c2ccccc2CC1O)C1CC(=O)N(C2CCCC2)C1. The van der Waals surface area contributed by atoms with Crippen molar-refractivity contribution >= 4 is 11.8 Å². The van der Waals surface area contributed by atoms with Gasteiger partial charge in [-0.25, -0.2) is 0 Å². The van der Waals surface area contributed by atoms with Gasteiger partial charge in [-0.1, -0.05) is 37.1 Å². The van der Waals surface area contributed by atoms with Gasteiger partial charge in [0.1, 0.15) is 0 Å². The number of nitrogens with one attached hydrogen (secondary N) is 1. The van der Waals surface area contributed by atoms with Crippen LogP contribution in [0.5, 0.6) is 0 Å². The van der Waals surface area contributed by atoms with Gasteiger partial charge in [-0.2, -0.15) is 0 Å². The van der Waals surface area contributed by atoms with E-state index in [0.717, 1.165) is 24.0 Å². The molecule has 5 nitrogen and oxygen atoms in total. The van der Waals surface area contributed by atoms with Crippen molar-refractivity contribution < 1.29 is 14.7 Å². The Bertz CT molecular complexity index is 654. The number of likely N-dealkylation sites (tertiary alicyclic amines) is 1. The quantitative estimate of drug-likeness (QED) is 0.884. The van der Waals surface area contributed by atoms with Crippen LogP contribution in [0.1, 0.15) is 49.3 Å². The smallest absolute Gasteiger partial charge is 0.225 e. The third-order valence-electron chi connectivity index (χ3n) is 5.80. The Morgan fingerprint density at radius 3 is 2.71 bits per heavy atom. The summed E-state index contributed by atoms with van der Waals surface area (Å²) in [4.78, 5) is 26.8. The van der Waals surface area contributed by atoms with Crippen LogP contribution < -0.4 is 5.32 Å². The Hall–Kier alpha value is -1.88. The van der Waals surface area contributed by atoms with E-state index in [4.69, 9.17) is 0 Å². The molecule has 128 valence electrons. The standard InChI is InChI=1S/C19H24N2O3/c22-16-9-12-5-1-4-8-15(12)18(16)20-19(24)13-10-17(23)21(11-13)14-6-2-3-7-14/h1,4-5,8,13-14,16,18,22H,2-3,6-7,9-11H2,(H,20,24). The second-order valence-corrected chi connectivity index (χ2v) is 7.34. The average molecular weight is 328 g/mol. The summed E-state index contributed by atoms with van der Waals surface area (Å²) in [6.45, 7) is 0.528. The largest absolute Gasteiger partial charge is 0.390 e. The van der Waals surface area contributed by atoms with E-state index in [1.807, 2.05) is 29.2 Å². The monoisotopic (exact) mass is 328 g/mol. The van der Waals surface area contributed by atoms with Crippen molar-refractivity contribution in [1.82, 2.24) is 10.2 Å². The fourth-order valence-electron chi connectivity index (χ4n) is 4.50. The normalized spacial score (nSPS) is 30.0. The molecule has 1 aromatic carbocycles. The minimum atomic E-state index is -0.589. The van der Waals surface area contributed by atoms with Gasteiger partial charge >= 0.3 is 0 Å². The molecular weight excluding hydrogens is 304 g/mol. The van der Waals surface area contributed by atoms with E-state index in [-0.39, 0.29) is 23.8 Å². The minimum absolute atomic E-state index is 0.106. The number of carbonyl (C=O) groups excluding carboxylic acids is 2. The van der Waals surface area contributed by atoms with E-state index in [1.54, 1.807) is 0 Å². The first kappa shape index (κ1) is 15.6. The maximum absolute atomic E-state index is 12.7. The van der Waals surface area contributed by atoms with Gasteiger partial charge in [0.15, 0.2) is 0 Å². The third kappa shape index (κ3) is 2.71. The van der Waals surface area contributed by atoms with Crippen molar-refractivity contribution in [2.24, 2.45) is 5.92 Å². The Morgan fingerprint density at radius 1 is 1.17 bits per heavy atom. The number of aliphatic hydroxyl groups is 1. The topological polar surface area (TPSA) is 69.6 Å². The molecule has 3 unspecified atom stereocenters. The highest BCUT2D eigenvalue weighted by molar-refractivity contribution is 5.89. The van der Waals surface area contributed by atoms with E-state index in [2.05, 4.69) is 5.32 Å². The van der Waals surface area contributed by atoms with Gasteiger partial charge in [0.05, 0.1) is 18.1 Å².